The minimum atomic E-state index is -0.302. The van der Waals surface area contributed by atoms with E-state index in [1.807, 2.05) is 6.92 Å². The van der Waals surface area contributed by atoms with Gasteiger partial charge in [-0.15, -0.1) is 0 Å². The van der Waals surface area contributed by atoms with E-state index in [0.717, 1.165) is 0 Å². The van der Waals surface area contributed by atoms with Crippen molar-refractivity contribution in [2.45, 2.75) is 6.92 Å². The second-order valence-electron chi connectivity index (χ2n) is 1.86. The maximum atomic E-state index is 12.7. The van der Waals surface area contributed by atoms with E-state index in [1.165, 1.54) is 6.42 Å². The largest absolute Gasteiger partial charge is 0 e. The van der Waals surface area contributed by atoms with Crippen LogP contribution in [0.5, 0.6) is 0 Å². The van der Waals surface area contributed by atoms with Gasteiger partial charge in [-0.25, -0.2) is 4.39 Å². The molecule has 0 bridgehead atoms. The summed E-state index contributed by atoms with van der Waals surface area (Å²) in [5.41, 5.74) is 0. The van der Waals surface area contributed by atoms with E-state index in [2.05, 4.69) is 20.0 Å². The van der Waals surface area contributed by atoms with E-state index in [1.54, 1.807) is 19.3 Å². The first-order valence-electron chi connectivity index (χ1n) is 3.83. The van der Waals surface area contributed by atoms with Gasteiger partial charge in [-0.1, -0.05) is 0 Å². The molecule has 1 rings (SSSR count). The fourth-order valence-corrected chi connectivity index (χ4v) is 0.717. The van der Waals surface area contributed by atoms with Crippen LogP contribution in [-0.4, -0.2) is 6.61 Å². The van der Waals surface area contributed by atoms with Gasteiger partial charge in [0.2, 0.25) is 0 Å². The van der Waals surface area contributed by atoms with Crippen LogP contribution in [0.25, 0.3) is 0 Å². The van der Waals surface area contributed by atoms with Crippen LogP contribution in [0.4, 0.5) is 4.39 Å². The molecule has 0 unspecified atom stereocenters. The summed E-state index contributed by atoms with van der Waals surface area (Å²) in [6, 6.07) is 0. The zero-order valence-corrected chi connectivity index (χ0v) is 9.90. The van der Waals surface area contributed by atoms with Crippen molar-refractivity contribution >= 4 is 0 Å². The van der Waals surface area contributed by atoms with Crippen molar-refractivity contribution in [1.29, 1.82) is 0 Å². The second-order valence-corrected chi connectivity index (χ2v) is 1.86. The third-order valence-electron chi connectivity index (χ3n) is 1.14. The molecular formula is C11H9CoFO4. The van der Waals surface area contributed by atoms with Crippen LogP contribution < -0.4 is 0 Å². The molecule has 1 aliphatic rings. The van der Waals surface area contributed by atoms with E-state index in [4.69, 9.17) is 18.7 Å². The Labute approximate surface area is 112 Å². The molecule has 0 aromatic heterocycles. The van der Waals surface area contributed by atoms with Crippen LogP contribution in [0.2, 0.25) is 0 Å². The Kier molecular flexibility index (Phi) is 37.0. The molecule has 0 atom stereocenters. The smallest absolute Gasteiger partial charge is 0 e. The molecule has 0 saturated heterocycles. The standard InChI is InChI=1S/C8H9FO.3CO.Co/c1-2-10-8-6-4-3-5-7(8)9;3*1-2;/h3-6H,2H2,1H3;;;;. The predicted octanol–water partition coefficient (Wildman–Crippen LogP) is 1.77. The molecule has 6 heteroatoms. The Bertz CT molecular complexity index is 177. The van der Waals surface area contributed by atoms with E-state index in [9.17, 15) is 4.39 Å². The zero-order valence-electron chi connectivity index (χ0n) is 8.86. The average Bonchev–Trinajstić information content (AvgIpc) is 2.40. The SMILES string of the molecule is CCO[C]1[CH][CH][CH][CH][C]1F.[C-]#[O+].[C-]#[O+].[C-]#[O+].[Co]. The molecule has 0 N–H and O–H groups in total. The molecule has 93 valence electrons. The van der Waals surface area contributed by atoms with Gasteiger partial charge in [-0.2, -0.15) is 0 Å². The summed E-state index contributed by atoms with van der Waals surface area (Å²) in [4.78, 5) is 0. The minimum Gasteiger partial charge on any atom is 0 e. The third kappa shape index (κ3) is 15.6. The maximum Gasteiger partial charge on any atom is 0 e. The second kappa shape index (κ2) is 24.7. The zero-order chi connectivity index (χ0) is 13.4. The summed E-state index contributed by atoms with van der Waals surface area (Å²) in [7, 11) is 0. The fraction of sp³-hybridized carbons (Fsp3) is 0.182. The van der Waals surface area contributed by atoms with Crippen molar-refractivity contribution in [3.8, 4) is 0 Å². The molecule has 1 fully saturated rings. The number of hydrogen-bond donors (Lipinski definition) is 0. The topological polar surface area (TPSA) is 68.9 Å². The van der Waals surface area contributed by atoms with Gasteiger partial charge in [0.25, 0.3) is 0 Å². The van der Waals surface area contributed by atoms with Gasteiger partial charge in [0.05, 0.1) is 0 Å². The molecule has 0 amide bonds. The van der Waals surface area contributed by atoms with Gasteiger partial charge in [-0.05, 0) is 19.8 Å². The summed E-state index contributed by atoms with van der Waals surface area (Å²) in [6.07, 6.45) is 6.39. The molecule has 1 aliphatic carbocycles. The van der Waals surface area contributed by atoms with Gasteiger partial charge in [0.15, 0.2) is 6.17 Å². The van der Waals surface area contributed by atoms with Crippen LogP contribution in [-0.2, 0) is 35.5 Å². The van der Waals surface area contributed by atoms with Crippen LogP contribution in [0.3, 0.4) is 0 Å². The van der Waals surface area contributed by atoms with Crippen molar-refractivity contribution in [1.82, 2.24) is 0 Å². The van der Waals surface area contributed by atoms with Crippen molar-refractivity contribution in [3.63, 3.8) is 0 Å². The van der Waals surface area contributed by atoms with E-state index < -0.39 is 0 Å². The van der Waals surface area contributed by atoms with Crippen molar-refractivity contribution in [2.75, 3.05) is 6.61 Å². The average molecular weight is 283 g/mol. The number of hydrogen-bond acceptors (Lipinski definition) is 1. The third-order valence-corrected chi connectivity index (χ3v) is 1.14. The summed E-state index contributed by atoms with van der Waals surface area (Å²) >= 11 is 0. The molecule has 0 spiro atoms. The van der Waals surface area contributed by atoms with Crippen molar-refractivity contribution < 1.29 is 39.9 Å². The Hall–Kier alpha value is -0.384. The van der Waals surface area contributed by atoms with Crippen LogP contribution in [0.15, 0.2) is 0 Å². The molecule has 17 heavy (non-hydrogen) atoms. The van der Waals surface area contributed by atoms with Gasteiger partial charge in [0.1, 0.15) is 6.10 Å². The van der Waals surface area contributed by atoms with Crippen LogP contribution in [0.1, 0.15) is 6.92 Å². The Balaban J connectivity index is -0.000000106. The first-order valence-corrected chi connectivity index (χ1v) is 3.83. The number of ether oxygens (including phenoxy) is 1. The summed E-state index contributed by atoms with van der Waals surface area (Å²) in [6.45, 7) is 15.8. The minimum absolute atomic E-state index is 0. The Morgan fingerprint density at radius 1 is 1.06 bits per heavy atom. The van der Waals surface area contributed by atoms with Crippen LogP contribution >= 0.6 is 0 Å². The molecule has 0 aromatic rings. The van der Waals surface area contributed by atoms with E-state index >= 15 is 0 Å². The molecule has 1 saturated carbocycles. The first-order chi connectivity index (χ1) is 7.84. The van der Waals surface area contributed by atoms with Gasteiger partial charge in [0, 0.05) is 36.2 Å². The first kappa shape index (κ1) is 25.5. The van der Waals surface area contributed by atoms with Gasteiger partial charge >= 0.3 is 33.9 Å². The predicted molar refractivity (Wildman–Crippen MR) is 48.2 cm³/mol. The molecule has 0 aliphatic heterocycles. The Morgan fingerprint density at radius 3 is 1.82 bits per heavy atom. The fourth-order valence-electron chi connectivity index (χ4n) is 0.717. The van der Waals surface area contributed by atoms with Crippen molar-refractivity contribution in [3.05, 3.63) is 57.9 Å². The van der Waals surface area contributed by atoms with Gasteiger partial charge in [-0.3, -0.25) is 0 Å². The molecule has 4 nitrogen and oxygen atoms in total. The molecule has 7 radical (unpaired) electrons. The molecule has 0 heterocycles. The van der Waals surface area contributed by atoms with E-state index in [-0.39, 0.29) is 23.0 Å². The monoisotopic (exact) mass is 283 g/mol. The van der Waals surface area contributed by atoms with Crippen molar-refractivity contribution in [2.24, 2.45) is 0 Å². The number of halogens is 1. The molecular weight excluding hydrogens is 274 g/mol. The normalized spacial score (nSPS) is 14.1. The summed E-state index contributed by atoms with van der Waals surface area (Å²) in [5, 5.41) is 0. The Morgan fingerprint density at radius 2 is 1.47 bits per heavy atom. The summed E-state index contributed by atoms with van der Waals surface area (Å²) in [5.74, 6) is 0. The van der Waals surface area contributed by atoms with Crippen LogP contribution in [0, 0.1) is 57.9 Å². The number of rotatable bonds is 2. The quantitative estimate of drug-likeness (QED) is 0.562. The summed E-state index contributed by atoms with van der Waals surface area (Å²) < 4.78 is 40.1. The maximum absolute atomic E-state index is 12.7. The van der Waals surface area contributed by atoms with Gasteiger partial charge < -0.3 is 4.74 Å². The molecule has 0 aromatic carbocycles. The van der Waals surface area contributed by atoms with E-state index in [0.29, 0.717) is 12.7 Å².